The summed E-state index contributed by atoms with van der Waals surface area (Å²) in [5.41, 5.74) is 1.88. The highest BCUT2D eigenvalue weighted by molar-refractivity contribution is 5.82. The summed E-state index contributed by atoms with van der Waals surface area (Å²) in [6.45, 7) is 4.46. The van der Waals surface area contributed by atoms with E-state index in [1.165, 1.54) is 0 Å². The van der Waals surface area contributed by atoms with Crippen molar-refractivity contribution in [3.63, 3.8) is 0 Å². The summed E-state index contributed by atoms with van der Waals surface area (Å²) in [5, 5.41) is 0. The number of aryl methyl sites for hydroxylation is 1. The third kappa shape index (κ3) is 2.73. The molecule has 4 rings (SSSR count). The van der Waals surface area contributed by atoms with Gasteiger partial charge in [-0.05, 0) is 24.6 Å². The molecule has 1 aromatic carbocycles. The number of fused-ring (bicyclic) bond motifs is 1. The zero-order valence-electron chi connectivity index (χ0n) is 13.4. The number of amides is 1. The van der Waals surface area contributed by atoms with Gasteiger partial charge < -0.3 is 19.3 Å². The van der Waals surface area contributed by atoms with Crippen molar-refractivity contribution in [2.75, 3.05) is 31.3 Å². The molecule has 0 unspecified atom stereocenters. The lowest BCUT2D eigenvalue weighted by molar-refractivity contribution is -0.131. The van der Waals surface area contributed by atoms with Gasteiger partial charge >= 0.3 is 0 Å². The highest BCUT2D eigenvalue weighted by Crippen LogP contribution is 2.33. The van der Waals surface area contributed by atoms with Crippen LogP contribution in [0, 0.1) is 6.92 Å². The smallest absolute Gasteiger partial charge is 0.242 e. The Hall–Kier alpha value is -2.83. The van der Waals surface area contributed by atoms with Crippen LogP contribution >= 0.6 is 0 Å². The number of rotatable bonds is 3. The maximum absolute atomic E-state index is 12.5. The van der Waals surface area contributed by atoms with Gasteiger partial charge in [0.05, 0.1) is 12.2 Å². The average Bonchev–Trinajstić information content (AvgIpc) is 3.05. The van der Waals surface area contributed by atoms with Crippen LogP contribution in [0.25, 0.3) is 0 Å². The van der Waals surface area contributed by atoms with Gasteiger partial charge in [-0.25, -0.2) is 4.98 Å². The fraction of sp³-hybridized carbons (Fsp3) is 0.353. The van der Waals surface area contributed by atoms with Crippen molar-refractivity contribution < 1.29 is 14.3 Å². The Kier molecular flexibility index (Phi) is 3.68. The molecule has 1 amide bonds. The van der Waals surface area contributed by atoms with E-state index in [0.717, 1.165) is 35.1 Å². The second-order valence-electron chi connectivity index (χ2n) is 5.89. The molecule has 0 spiro atoms. The van der Waals surface area contributed by atoms with Crippen molar-refractivity contribution in [3.05, 3.63) is 41.9 Å². The average molecular weight is 326 g/mol. The lowest BCUT2D eigenvalue weighted by Gasteiger charge is -2.35. The number of hydrogen-bond donors (Lipinski definition) is 0. The Morgan fingerprint density at radius 3 is 2.79 bits per heavy atom. The number of aromatic nitrogens is 2. The minimum absolute atomic E-state index is 0.0870. The summed E-state index contributed by atoms with van der Waals surface area (Å²) >= 11 is 0. The maximum Gasteiger partial charge on any atom is 0.242 e. The first-order chi connectivity index (χ1) is 11.7. The maximum atomic E-state index is 12.5. The van der Waals surface area contributed by atoms with Crippen LogP contribution < -0.4 is 14.4 Å². The Bertz CT molecular complexity index is 780. The van der Waals surface area contributed by atoms with E-state index in [0.29, 0.717) is 19.6 Å². The zero-order valence-corrected chi connectivity index (χ0v) is 13.4. The summed E-state index contributed by atoms with van der Waals surface area (Å²) < 4.78 is 10.7. The van der Waals surface area contributed by atoms with Crippen LogP contribution in [-0.2, 0) is 11.3 Å². The summed E-state index contributed by atoms with van der Waals surface area (Å²) in [6, 6.07) is 5.80. The van der Waals surface area contributed by atoms with Crippen molar-refractivity contribution >= 4 is 11.7 Å². The van der Waals surface area contributed by atoms with Crippen molar-refractivity contribution in [1.82, 2.24) is 14.9 Å². The second-order valence-corrected chi connectivity index (χ2v) is 5.89. The summed E-state index contributed by atoms with van der Waals surface area (Å²) in [4.78, 5) is 24.9. The molecule has 2 aliphatic rings. The molecule has 0 bridgehead atoms. The fourth-order valence-corrected chi connectivity index (χ4v) is 3.03. The molecule has 3 heterocycles. The fourth-order valence-electron chi connectivity index (χ4n) is 3.03. The van der Waals surface area contributed by atoms with E-state index in [4.69, 9.17) is 9.47 Å². The topological polar surface area (TPSA) is 67.8 Å². The predicted octanol–water partition coefficient (Wildman–Crippen LogP) is 1.36. The first-order valence-electron chi connectivity index (χ1n) is 7.89. The molecular weight excluding hydrogens is 308 g/mol. The van der Waals surface area contributed by atoms with Crippen LogP contribution in [0.2, 0.25) is 0 Å². The van der Waals surface area contributed by atoms with E-state index in [1.807, 2.05) is 34.9 Å². The third-order valence-corrected chi connectivity index (χ3v) is 4.28. The van der Waals surface area contributed by atoms with Crippen LogP contribution in [-0.4, -0.2) is 47.2 Å². The summed E-state index contributed by atoms with van der Waals surface area (Å²) in [7, 11) is 0. The van der Waals surface area contributed by atoms with E-state index in [9.17, 15) is 4.79 Å². The van der Waals surface area contributed by atoms with Gasteiger partial charge in [0.1, 0.15) is 0 Å². The molecule has 7 heteroatoms. The van der Waals surface area contributed by atoms with E-state index in [2.05, 4.69) is 9.97 Å². The number of carbonyl (C=O) groups is 1. The highest BCUT2D eigenvalue weighted by Gasteiger charge is 2.26. The molecule has 0 saturated carbocycles. The number of benzene rings is 1. The molecule has 1 saturated heterocycles. The lowest BCUT2D eigenvalue weighted by Crippen LogP contribution is -2.50. The number of carbonyl (C=O) groups excluding carboxylic acids is 1. The Morgan fingerprint density at radius 1 is 1.12 bits per heavy atom. The van der Waals surface area contributed by atoms with E-state index < -0.39 is 0 Å². The van der Waals surface area contributed by atoms with Crippen LogP contribution in [0.5, 0.6) is 11.5 Å². The molecule has 0 radical (unpaired) electrons. The molecular formula is C17H18N4O3. The molecule has 124 valence electrons. The summed E-state index contributed by atoms with van der Waals surface area (Å²) in [6.07, 6.45) is 3.32. The van der Waals surface area contributed by atoms with Crippen molar-refractivity contribution in [2.24, 2.45) is 0 Å². The highest BCUT2D eigenvalue weighted by atomic mass is 16.7. The molecule has 2 aromatic rings. The normalized spacial score (nSPS) is 16.6. The van der Waals surface area contributed by atoms with Gasteiger partial charge in [-0.1, -0.05) is 6.07 Å². The van der Waals surface area contributed by atoms with Gasteiger partial charge in [0.2, 0.25) is 12.7 Å². The lowest BCUT2D eigenvalue weighted by atomic mass is 10.1. The molecule has 0 aliphatic carbocycles. The van der Waals surface area contributed by atoms with Gasteiger partial charge in [-0.15, -0.1) is 0 Å². The number of piperazine rings is 1. The van der Waals surface area contributed by atoms with Crippen molar-refractivity contribution in [2.45, 2.75) is 13.5 Å². The Labute approximate surface area is 139 Å². The molecule has 24 heavy (non-hydrogen) atoms. The monoisotopic (exact) mass is 326 g/mol. The van der Waals surface area contributed by atoms with Crippen LogP contribution in [0.3, 0.4) is 0 Å². The second kappa shape index (κ2) is 5.99. The molecule has 0 atom stereocenters. The van der Waals surface area contributed by atoms with Gasteiger partial charge in [0.15, 0.2) is 17.3 Å². The number of hydrogen-bond acceptors (Lipinski definition) is 6. The molecule has 2 aliphatic heterocycles. The van der Waals surface area contributed by atoms with E-state index >= 15 is 0 Å². The third-order valence-electron chi connectivity index (χ3n) is 4.28. The zero-order chi connectivity index (χ0) is 16.5. The predicted molar refractivity (Wildman–Crippen MR) is 87.0 cm³/mol. The largest absolute Gasteiger partial charge is 0.454 e. The SMILES string of the molecule is Cc1nccnc1N1CCN(Cc2ccc3c(c2)OCO3)C(=O)C1. The number of ether oxygens (including phenoxy) is 2. The van der Waals surface area contributed by atoms with Gasteiger partial charge in [0.25, 0.3) is 0 Å². The van der Waals surface area contributed by atoms with E-state index in [-0.39, 0.29) is 12.7 Å². The minimum Gasteiger partial charge on any atom is -0.454 e. The minimum atomic E-state index is 0.0870. The van der Waals surface area contributed by atoms with Gasteiger partial charge in [-0.3, -0.25) is 9.78 Å². The Balaban J connectivity index is 1.44. The quantitative estimate of drug-likeness (QED) is 0.848. The standard InChI is InChI=1S/C17H18N4O3/c1-12-17(19-5-4-18-12)21-7-6-20(16(22)10-21)9-13-2-3-14-15(8-13)24-11-23-14/h2-5,8H,6-7,9-11H2,1H3. The molecule has 7 nitrogen and oxygen atoms in total. The van der Waals surface area contributed by atoms with Crippen LogP contribution in [0.15, 0.2) is 30.6 Å². The Morgan fingerprint density at radius 2 is 1.96 bits per heavy atom. The van der Waals surface area contributed by atoms with Gasteiger partial charge in [0, 0.05) is 32.0 Å². The summed E-state index contributed by atoms with van der Waals surface area (Å²) in [5.74, 6) is 2.37. The number of anilines is 1. The molecule has 0 N–H and O–H groups in total. The first-order valence-corrected chi connectivity index (χ1v) is 7.89. The molecule has 1 aromatic heterocycles. The van der Waals surface area contributed by atoms with Crippen LogP contribution in [0.4, 0.5) is 5.82 Å². The van der Waals surface area contributed by atoms with Gasteiger partial charge in [-0.2, -0.15) is 0 Å². The van der Waals surface area contributed by atoms with Crippen LogP contribution in [0.1, 0.15) is 11.3 Å². The van der Waals surface area contributed by atoms with Crippen molar-refractivity contribution in [3.8, 4) is 11.5 Å². The molecule has 1 fully saturated rings. The number of nitrogens with zero attached hydrogens (tertiary/aromatic N) is 4. The van der Waals surface area contributed by atoms with E-state index in [1.54, 1.807) is 12.4 Å². The first kappa shape index (κ1) is 14.7. The van der Waals surface area contributed by atoms with Crippen molar-refractivity contribution in [1.29, 1.82) is 0 Å².